The fourth-order valence-corrected chi connectivity index (χ4v) is 1.45. The molecule has 1 aliphatic rings. The molecular formula is C11H13N3O5Zn. The van der Waals surface area contributed by atoms with Gasteiger partial charge in [0.15, 0.2) is 0 Å². The predicted octanol–water partition coefficient (Wildman–Crippen LogP) is -3.37. The van der Waals surface area contributed by atoms with Gasteiger partial charge >= 0.3 is 19.5 Å². The van der Waals surface area contributed by atoms with Crippen LogP contribution in [-0.4, -0.2) is 45.7 Å². The Morgan fingerprint density at radius 2 is 2.15 bits per heavy atom. The molecule has 0 radical (unpaired) electrons. The van der Waals surface area contributed by atoms with Crippen molar-refractivity contribution in [2.75, 3.05) is 6.54 Å². The van der Waals surface area contributed by atoms with Gasteiger partial charge in [0.2, 0.25) is 0 Å². The number of carboxylic acid groups (broad SMARTS) is 2. The maximum absolute atomic E-state index is 10.1. The molecule has 8 nitrogen and oxygen atoms in total. The van der Waals surface area contributed by atoms with E-state index < -0.39 is 24.1 Å². The number of hydrogen-bond donors (Lipinski definition) is 3. The number of H-pyrrole nitrogens is 1. The molecule has 3 N–H and O–H groups in total. The van der Waals surface area contributed by atoms with E-state index in [1.165, 1.54) is 12.4 Å². The number of carbonyl (C=O) groups excluding carboxylic acids is 2. The van der Waals surface area contributed by atoms with E-state index in [2.05, 4.69) is 15.3 Å². The zero-order chi connectivity index (χ0) is 14.3. The monoisotopic (exact) mass is 331 g/mol. The van der Waals surface area contributed by atoms with Gasteiger partial charge in [-0.05, 0) is 25.1 Å². The number of hydrogen-bond acceptors (Lipinski definition) is 7. The topological polar surface area (TPSA) is 141 Å². The van der Waals surface area contributed by atoms with Crippen LogP contribution < -0.4 is 15.5 Å². The molecule has 1 fully saturated rings. The maximum Gasteiger partial charge on any atom is 2.00 e. The molecule has 1 aromatic heterocycles. The minimum atomic E-state index is -1.22. The van der Waals surface area contributed by atoms with Crippen molar-refractivity contribution in [2.45, 2.75) is 18.6 Å². The molecule has 2 heterocycles. The second-order valence-electron chi connectivity index (χ2n) is 3.75. The summed E-state index contributed by atoms with van der Waals surface area (Å²) < 4.78 is 0. The Morgan fingerprint density at radius 3 is 2.50 bits per heavy atom. The van der Waals surface area contributed by atoms with Crippen LogP contribution >= 0.6 is 0 Å². The summed E-state index contributed by atoms with van der Waals surface area (Å²) in [5, 5.41) is 31.4. The molecular weight excluding hydrogens is 320 g/mol. The zero-order valence-electron chi connectivity index (χ0n) is 10.6. The molecule has 1 aromatic rings. The van der Waals surface area contributed by atoms with Gasteiger partial charge in [-0.3, -0.25) is 0 Å². The quantitative estimate of drug-likeness (QED) is 0.387. The largest absolute Gasteiger partial charge is 2.00 e. The Bertz CT molecular complexity index is 449. The third-order valence-corrected chi connectivity index (χ3v) is 2.35. The number of carbonyl (C=O) groups is 2. The standard InChI is InChI=1S/C6H6N2O2.C5H9NO3.Zn/c9-6(10)2-1-5-3-7-4-8-5;7-3-1-2-6-4(3)5(8)9;/h1-4H,(H,7,8)(H,9,10);3-4,6-7H,1-2H2,(H,8,9);/q;;+2/p-2/t;3?,4-;/m.0./s1. The molecule has 1 unspecified atom stereocenters. The SMILES string of the molecule is O=C([O-])C=Cc1c[nH]cn1.O=C([O-])[C@H]1NCCC1O.[Zn+2]. The molecule has 0 aliphatic carbocycles. The number of aromatic nitrogens is 2. The maximum atomic E-state index is 10.1. The summed E-state index contributed by atoms with van der Waals surface area (Å²) >= 11 is 0. The smallest absolute Gasteiger partial charge is 0.548 e. The second-order valence-corrected chi connectivity index (χ2v) is 3.75. The van der Waals surface area contributed by atoms with Crippen molar-refractivity contribution >= 4 is 18.0 Å². The van der Waals surface area contributed by atoms with Gasteiger partial charge in [0, 0.05) is 6.20 Å². The Morgan fingerprint density at radius 1 is 1.45 bits per heavy atom. The second kappa shape index (κ2) is 9.36. The summed E-state index contributed by atoms with van der Waals surface area (Å²) in [6.07, 6.45) is 5.06. The molecule has 0 saturated carbocycles. The Hall–Kier alpha value is -1.57. The minimum Gasteiger partial charge on any atom is -0.548 e. The van der Waals surface area contributed by atoms with Crippen molar-refractivity contribution < 1.29 is 44.4 Å². The van der Waals surface area contributed by atoms with Crippen LogP contribution in [0.5, 0.6) is 0 Å². The van der Waals surface area contributed by atoms with Crippen molar-refractivity contribution in [3.8, 4) is 0 Å². The number of imidazole rings is 1. The number of rotatable bonds is 3. The van der Waals surface area contributed by atoms with Crippen LogP contribution in [0, 0.1) is 0 Å². The van der Waals surface area contributed by atoms with E-state index in [0.717, 1.165) is 6.08 Å². The fourth-order valence-electron chi connectivity index (χ4n) is 1.45. The Kier molecular flexibility index (Phi) is 8.62. The average Bonchev–Trinajstić information content (AvgIpc) is 2.97. The fraction of sp³-hybridized carbons (Fsp3) is 0.364. The van der Waals surface area contributed by atoms with E-state index in [-0.39, 0.29) is 19.5 Å². The van der Waals surface area contributed by atoms with E-state index in [0.29, 0.717) is 18.7 Å². The number of nitrogens with one attached hydrogen (secondary N) is 2. The Labute approximate surface area is 127 Å². The first-order chi connectivity index (χ1) is 9.00. The van der Waals surface area contributed by atoms with Crippen LogP contribution in [0.1, 0.15) is 12.1 Å². The number of carboxylic acids is 2. The molecule has 9 heteroatoms. The minimum absolute atomic E-state index is 0. The van der Waals surface area contributed by atoms with Gasteiger partial charge in [0.25, 0.3) is 0 Å². The molecule has 0 aromatic carbocycles. The number of aliphatic hydroxyl groups is 1. The van der Waals surface area contributed by atoms with E-state index in [9.17, 15) is 19.8 Å². The van der Waals surface area contributed by atoms with Crippen molar-refractivity contribution in [1.82, 2.24) is 15.3 Å². The van der Waals surface area contributed by atoms with Crippen molar-refractivity contribution in [3.63, 3.8) is 0 Å². The summed E-state index contributed by atoms with van der Waals surface area (Å²) in [6, 6.07) is -0.856. The third kappa shape index (κ3) is 6.56. The normalized spacial score (nSPS) is 20.9. The molecule has 1 saturated heterocycles. The molecule has 2 rings (SSSR count). The van der Waals surface area contributed by atoms with Crippen LogP contribution in [0.15, 0.2) is 18.6 Å². The number of nitrogens with zero attached hydrogens (tertiary/aromatic N) is 1. The number of aromatic amines is 1. The molecule has 2 atom stereocenters. The summed E-state index contributed by atoms with van der Waals surface area (Å²) in [7, 11) is 0. The molecule has 0 spiro atoms. The van der Waals surface area contributed by atoms with Gasteiger partial charge in [-0.2, -0.15) is 0 Å². The first-order valence-corrected chi connectivity index (χ1v) is 5.51. The summed E-state index contributed by atoms with van der Waals surface area (Å²) in [4.78, 5) is 26.4. The number of aliphatic hydroxyl groups excluding tert-OH is 1. The van der Waals surface area contributed by atoms with E-state index in [1.807, 2.05) is 0 Å². The van der Waals surface area contributed by atoms with Crippen LogP contribution in [0.3, 0.4) is 0 Å². The summed E-state index contributed by atoms with van der Waals surface area (Å²) in [6.45, 7) is 0.555. The first kappa shape index (κ1) is 18.4. The van der Waals surface area contributed by atoms with Gasteiger partial charge in [-0.1, -0.05) is 0 Å². The van der Waals surface area contributed by atoms with Gasteiger partial charge in [0.1, 0.15) is 0 Å². The molecule has 1 aliphatic heterocycles. The van der Waals surface area contributed by atoms with Crippen LogP contribution in [0.25, 0.3) is 6.08 Å². The van der Waals surface area contributed by atoms with Crippen molar-refractivity contribution in [2.24, 2.45) is 0 Å². The van der Waals surface area contributed by atoms with Crippen LogP contribution in [0.2, 0.25) is 0 Å². The van der Waals surface area contributed by atoms with E-state index in [4.69, 9.17) is 5.11 Å². The molecule has 20 heavy (non-hydrogen) atoms. The average molecular weight is 333 g/mol. The van der Waals surface area contributed by atoms with Crippen molar-refractivity contribution in [3.05, 3.63) is 24.3 Å². The van der Waals surface area contributed by atoms with Gasteiger partial charge in [-0.15, -0.1) is 0 Å². The summed E-state index contributed by atoms with van der Waals surface area (Å²) in [5.74, 6) is -2.44. The van der Waals surface area contributed by atoms with Gasteiger partial charge in [0.05, 0.1) is 36.1 Å². The Balaban J connectivity index is 0.000000345. The van der Waals surface area contributed by atoms with Crippen molar-refractivity contribution in [1.29, 1.82) is 0 Å². The molecule has 0 amide bonds. The molecule has 104 valence electrons. The van der Waals surface area contributed by atoms with E-state index in [1.54, 1.807) is 6.20 Å². The van der Waals surface area contributed by atoms with E-state index >= 15 is 0 Å². The van der Waals surface area contributed by atoms with Crippen LogP contribution in [-0.2, 0) is 29.1 Å². The number of aliphatic carboxylic acids is 2. The first-order valence-electron chi connectivity index (χ1n) is 5.51. The van der Waals surface area contributed by atoms with Crippen LogP contribution in [0.4, 0.5) is 0 Å². The third-order valence-electron chi connectivity index (χ3n) is 2.35. The zero-order valence-corrected chi connectivity index (χ0v) is 13.6. The van der Waals surface area contributed by atoms with Gasteiger partial charge < -0.3 is 35.2 Å². The predicted molar refractivity (Wildman–Crippen MR) is 60.1 cm³/mol. The molecule has 0 bridgehead atoms. The van der Waals surface area contributed by atoms with Gasteiger partial charge in [-0.25, -0.2) is 4.98 Å². The summed E-state index contributed by atoms with van der Waals surface area (Å²) in [5.41, 5.74) is 0.573.